The number of hydrogen-bond acceptors (Lipinski definition) is 11. The zero-order chi connectivity index (χ0) is 47.4. The van der Waals surface area contributed by atoms with E-state index in [1.165, 1.54) is 4.90 Å². The van der Waals surface area contributed by atoms with Crippen molar-refractivity contribution in [2.45, 2.75) is 128 Å². The Labute approximate surface area is 379 Å². The van der Waals surface area contributed by atoms with Crippen LogP contribution in [0.15, 0.2) is 59.6 Å². The summed E-state index contributed by atoms with van der Waals surface area (Å²) < 4.78 is 5.19. The second-order valence-electron chi connectivity index (χ2n) is 17.5. The molecule has 1 aliphatic carbocycles. The molecular formula is C46H65N9O10. The molecule has 19 nitrogen and oxygen atoms in total. The molecule has 7 N–H and O–H groups in total. The third kappa shape index (κ3) is 17.2. The lowest BCUT2D eigenvalue weighted by atomic mass is 9.85. The van der Waals surface area contributed by atoms with E-state index < -0.39 is 52.4 Å². The number of ether oxygens (including phenoxy) is 1. The second kappa shape index (κ2) is 25.8. The second-order valence-corrected chi connectivity index (χ2v) is 17.5. The number of Topliss-reactive ketones (excluding diaryl/α,β-unsaturated/α-hetero) is 1. The Morgan fingerprint density at radius 3 is 2.02 bits per heavy atom. The van der Waals surface area contributed by atoms with Crippen LogP contribution in [0.3, 0.4) is 0 Å². The van der Waals surface area contributed by atoms with Crippen LogP contribution in [0, 0.1) is 22.0 Å². The summed E-state index contributed by atoms with van der Waals surface area (Å²) in [5.74, 6) is -4.09. The molecule has 6 amide bonds. The number of carbonyl (C=O) groups excluding carboxylic acids is 7. The fourth-order valence-electron chi connectivity index (χ4n) is 8.13. The smallest absolute Gasteiger partial charge is 0.407 e. The van der Waals surface area contributed by atoms with Crippen molar-refractivity contribution in [3.05, 3.63) is 81.4 Å². The summed E-state index contributed by atoms with van der Waals surface area (Å²) in [6.45, 7) is 5.36. The number of hydrazine groups is 1. The molecule has 0 saturated heterocycles. The van der Waals surface area contributed by atoms with Crippen LogP contribution < -0.4 is 32.4 Å². The van der Waals surface area contributed by atoms with Crippen LogP contribution in [0.25, 0.3) is 0 Å². The van der Waals surface area contributed by atoms with E-state index in [0.717, 1.165) is 57.8 Å². The highest BCUT2D eigenvalue weighted by atomic mass is 16.7. The van der Waals surface area contributed by atoms with Gasteiger partial charge in [0.1, 0.15) is 17.7 Å². The van der Waals surface area contributed by atoms with Crippen molar-refractivity contribution in [2.24, 2.45) is 22.6 Å². The van der Waals surface area contributed by atoms with Crippen LogP contribution in [0.4, 0.5) is 4.79 Å². The SMILES string of the molecule is CC(C)(C)OC(=O)NCCNC(=O)C(=O)[C@H](Cc1ccccc1)NC(=O)[C@H](CCCN=C(N)N[N+](=O)[O-])NC(=O)[C@@H](CCCCCCCCN1C(=O)c2ccccc2C1=O)C1CCCC1. The molecule has 2 aliphatic rings. The number of rotatable bonds is 26. The number of aliphatic imine (C=N–C) groups is 1. The zero-order valence-electron chi connectivity index (χ0n) is 37.7. The molecule has 1 aliphatic heterocycles. The molecule has 65 heavy (non-hydrogen) atoms. The van der Waals surface area contributed by atoms with E-state index >= 15 is 0 Å². The van der Waals surface area contributed by atoms with Gasteiger partial charge in [-0.15, -0.1) is 0 Å². The van der Waals surface area contributed by atoms with Crippen LogP contribution in [0.1, 0.15) is 131 Å². The molecule has 4 rings (SSSR count). The summed E-state index contributed by atoms with van der Waals surface area (Å²) >= 11 is 0. The van der Waals surface area contributed by atoms with Crippen LogP contribution in [-0.2, 0) is 30.3 Å². The largest absolute Gasteiger partial charge is 0.444 e. The fraction of sp³-hybridized carbons (Fsp3) is 0.565. The number of amides is 6. The van der Waals surface area contributed by atoms with E-state index in [-0.39, 0.29) is 68.5 Å². The summed E-state index contributed by atoms with van der Waals surface area (Å²) in [5.41, 5.74) is 8.18. The van der Waals surface area contributed by atoms with Gasteiger partial charge >= 0.3 is 6.09 Å². The van der Waals surface area contributed by atoms with Gasteiger partial charge in [-0.2, -0.15) is 0 Å². The lowest BCUT2D eigenvalue weighted by Crippen LogP contribution is -2.55. The fourth-order valence-corrected chi connectivity index (χ4v) is 8.13. The molecule has 0 unspecified atom stereocenters. The van der Waals surface area contributed by atoms with Crippen molar-refractivity contribution in [2.75, 3.05) is 26.2 Å². The van der Waals surface area contributed by atoms with Gasteiger partial charge in [0, 0.05) is 38.5 Å². The summed E-state index contributed by atoms with van der Waals surface area (Å²) in [4.78, 5) is 109. The number of ketones is 1. The molecule has 3 atom stereocenters. The van der Waals surface area contributed by atoms with E-state index in [9.17, 15) is 43.7 Å². The van der Waals surface area contributed by atoms with Gasteiger partial charge in [-0.1, -0.05) is 92.8 Å². The first kappa shape index (κ1) is 51.2. The van der Waals surface area contributed by atoms with E-state index in [4.69, 9.17) is 10.5 Å². The lowest BCUT2D eigenvalue weighted by Gasteiger charge is -2.27. The summed E-state index contributed by atoms with van der Waals surface area (Å²) in [6.07, 6.45) is 8.83. The quantitative estimate of drug-likeness (QED) is 0.0148. The number of fused-ring (bicyclic) bond motifs is 1. The highest BCUT2D eigenvalue weighted by Gasteiger charge is 2.36. The maximum absolute atomic E-state index is 14.2. The number of nitrogens with two attached hydrogens (primary N) is 1. The highest BCUT2D eigenvalue weighted by molar-refractivity contribution is 6.38. The van der Waals surface area contributed by atoms with Crippen LogP contribution >= 0.6 is 0 Å². The van der Waals surface area contributed by atoms with Crippen LogP contribution in [-0.4, -0.2) is 101 Å². The van der Waals surface area contributed by atoms with Gasteiger partial charge in [-0.3, -0.25) is 33.7 Å². The van der Waals surface area contributed by atoms with Gasteiger partial charge < -0.3 is 31.7 Å². The topological polar surface area (TPSA) is 274 Å². The van der Waals surface area contributed by atoms with Gasteiger partial charge in [0.05, 0.1) is 11.1 Å². The Hall–Kier alpha value is -6.40. The molecule has 1 fully saturated rings. The van der Waals surface area contributed by atoms with Crippen molar-refractivity contribution >= 4 is 47.4 Å². The molecule has 1 saturated carbocycles. The number of imide groups is 1. The first-order valence-corrected chi connectivity index (χ1v) is 22.6. The average Bonchev–Trinajstić information content (AvgIpc) is 3.88. The van der Waals surface area contributed by atoms with Gasteiger partial charge in [-0.25, -0.2) is 19.9 Å². The first-order chi connectivity index (χ1) is 31.0. The normalized spacial score (nSPS) is 15.4. The number of nitrogens with one attached hydrogen (secondary N) is 5. The minimum absolute atomic E-state index is 0.0111. The predicted octanol–water partition coefficient (Wildman–Crippen LogP) is 4.12. The highest BCUT2D eigenvalue weighted by Crippen LogP contribution is 2.35. The van der Waals surface area contributed by atoms with Gasteiger partial charge in [0.25, 0.3) is 23.7 Å². The monoisotopic (exact) mass is 903 g/mol. The molecule has 0 bridgehead atoms. The average molecular weight is 904 g/mol. The number of nitro groups is 1. The summed E-state index contributed by atoms with van der Waals surface area (Å²) in [6, 6.07) is 13.2. The number of hydrogen-bond donors (Lipinski definition) is 6. The van der Waals surface area contributed by atoms with Crippen molar-refractivity contribution in [1.82, 2.24) is 31.6 Å². The summed E-state index contributed by atoms with van der Waals surface area (Å²) in [5, 5.41) is 20.6. The van der Waals surface area contributed by atoms with Crippen molar-refractivity contribution in [1.29, 1.82) is 0 Å². The standard InChI is InChI=1S/C46H65N9O10/c1-46(2,3)65-45(62)50-28-27-48-41(59)38(56)37(30-31-18-9-8-10-19-31)52-40(58)36(25-17-26-49-44(47)53-55(63)64)51-39(57)33(32-20-12-13-21-32)22-11-6-4-5-7-16-29-54-42(60)34-23-14-15-24-35(34)43(54)61/h8-10,14-15,18-19,23-24,32-33,36-37H,4-7,11-13,16-17,20-22,25-30H2,1-3H3,(H,48,59)(H,50,62)(H,51,57)(H,52,58)(H3,47,49,53)/t33-,36-,37-/m0/s1. The Morgan fingerprint density at radius 2 is 1.38 bits per heavy atom. The summed E-state index contributed by atoms with van der Waals surface area (Å²) in [7, 11) is 0. The third-order valence-corrected chi connectivity index (χ3v) is 11.3. The van der Waals surface area contributed by atoms with Crippen molar-refractivity contribution < 1.29 is 43.3 Å². The van der Waals surface area contributed by atoms with Crippen molar-refractivity contribution in [3.8, 4) is 0 Å². The number of guanidine groups is 1. The predicted molar refractivity (Wildman–Crippen MR) is 242 cm³/mol. The number of unbranched alkanes of at least 4 members (excludes halogenated alkanes) is 5. The van der Waals surface area contributed by atoms with Gasteiger partial charge in [0.15, 0.2) is 5.03 Å². The Morgan fingerprint density at radius 1 is 0.800 bits per heavy atom. The van der Waals surface area contributed by atoms with Crippen molar-refractivity contribution in [3.63, 3.8) is 0 Å². The van der Waals surface area contributed by atoms with E-state index in [1.54, 1.807) is 80.8 Å². The molecule has 1 heterocycles. The van der Waals surface area contributed by atoms with Crippen LogP contribution in [0.2, 0.25) is 0 Å². The molecule has 2 aromatic carbocycles. The third-order valence-electron chi connectivity index (χ3n) is 11.3. The van der Waals surface area contributed by atoms with Crippen LogP contribution in [0.5, 0.6) is 0 Å². The number of alkyl carbamates (subject to hydrolysis) is 1. The zero-order valence-corrected chi connectivity index (χ0v) is 37.7. The Bertz CT molecular complexity index is 1960. The molecule has 0 spiro atoms. The number of carbonyl (C=O) groups is 7. The maximum atomic E-state index is 14.2. The minimum Gasteiger partial charge on any atom is -0.444 e. The van der Waals surface area contributed by atoms with E-state index in [1.807, 2.05) is 0 Å². The molecule has 2 aromatic rings. The minimum atomic E-state index is -1.32. The van der Waals surface area contributed by atoms with Gasteiger partial charge in [0.2, 0.25) is 17.6 Å². The van der Waals surface area contributed by atoms with E-state index in [0.29, 0.717) is 36.1 Å². The molecular weight excluding hydrogens is 839 g/mol. The molecule has 19 heteroatoms. The molecule has 0 radical (unpaired) electrons. The first-order valence-electron chi connectivity index (χ1n) is 22.6. The molecule has 354 valence electrons. The Kier molecular flexibility index (Phi) is 20.3. The van der Waals surface area contributed by atoms with Gasteiger partial charge in [-0.05, 0) is 82.9 Å². The Balaban J connectivity index is 1.37. The number of nitrogens with zero attached hydrogens (tertiary/aromatic N) is 3. The number of benzene rings is 2. The molecule has 0 aromatic heterocycles. The maximum Gasteiger partial charge on any atom is 0.407 e. The van der Waals surface area contributed by atoms with E-state index in [2.05, 4.69) is 26.3 Å². The lowest BCUT2D eigenvalue weighted by molar-refractivity contribution is -0.525.